The molecule has 0 heterocycles. The van der Waals surface area contributed by atoms with Crippen molar-refractivity contribution in [1.82, 2.24) is 0 Å². The summed E-state index contributed by atoms with van der Waals surface area (Å²) in [5.41, 5.74) is 1.76. The Kier molecular flexibility index (Phi) is 15.7. The smallest absolute Gasteiger partial charge is 0.343 e. The molecule has 0 fully saturated rings. The van der Waals surface area contributed by atoms with Gasteiger partial charge in [0.25, 0.3) is 0 Å². The zero-order valence-electron chi connectivity index (χ0n) is 27.0. The maximum atomic E-state index is 12.7. The number of ether oxygens (including phenoxy) is 3. The Labute approximate surface area is 268 Å². The molecular weight excluding hydrogens is 566 g/mol. The quantitative estimate of drug-likeness (QED) is 0.0279. The number of nitro benzene ring substituents is 1. The molecule has 0 saturated heterocycles. The number of allylic oxidation sites excluding steroid dienone is 1. The number of rotatable bonds is 22. The SMILES string of the molecule is C=CCCCC(C)Oc1ccc(-c2ccc(OC(=O)c3ccc(OCCCCCCCCCCCC)cc3)cc2)cc1[N+](=O)[O-]. The minimum Gasteiger partial charge on any atom is -0.494 e. The molecule has 45 heavy (non-hydrogen) atoms. The summed E-state index contributed by atoms with van der Waals surface area (Å²) in [4.78, 5) is 24.0. The first-order valence-electron chi connectivity index (χ1n) is 16.5. The van der Waals surface area contributed by atoms with Crippen LogP contribution in [0.4, 0.5) is 5.69 Å². The maximum Gasteiger partial charge on any atom is 0.343 e. The fraction of sp³-hybridized carbons (Fsp3) is 0.447. The van der Waals surface area contributed by atoms with E-state index < -0.39 is 10.9 Å². The molecule has 0 saturated carbocycles. The molecule has 0 spiro atoms. The van der Waals surface area contributed by atoms with E-state index >= 15 is 0 Å². The van der Waals surface area contributed by atoms with E-state index in [1.807, 2.05) is 13.0 Å². The molecule has 0 radical (unpaired) electrons. The second-order valence-corrected chi connectivity index (χ2v) is 11.6. The van der Waals surface area contributed by atoms with Gasteiger partial charge in [-0.1, -0.05) is 89.0 Å². The lowest BCUT2D eigenvalue weighted by Gasteiger charge is -2.15. The zero-order valence-corrected chi connectivity index (χ0v) is 27.0. The summed E-state index contributed by atoms with van der Waals surface area (Å²) in [5, 5.41) is 11.8. The number of unbranched alkanes of at least 4 members (excludes halogenated alkanes) is 10. The highest BCUT2D eigenvalue weighted by Gasteiger charge is 2.19. The highest BCUT2D eigenvalue weighted by molar-refractivity contribution is 5.91. The Balaban J connectivity index is 1.44. The molecule has 1 unspecified atom stereocenters. The van der Waals surface area contributed by atoms with E-state index in [9.17, 15) is 14.9 Å². The first kappa shape index (κ1) is 35.4. The first-order chi connectivity index (χ1) is 21.9. The summed E-state index contributed by atoms with van der Waals surface area (Å²) in [6.07, 6.45) is 17.1. The van der Waals surface area contributed by atoms with Crippen LogP contribution in [-0.2, 0) is 0 Å². The highest BCUT2D eigenvalue weighted by Crippen LogP contribution is 2.34. The van der Waals surface area contributed by atoms with Gasteiger partial charge < -0.3 is 14.2 Å². The summed E-state index contributed by atoms with van der Waals surface area (Å²) in [5.74, 6) is 0.895. The molecule has 7 nitrogen and oxygen atoms in total. The molecule has 0 aliphatic carbocycles. The number of hydrogen-bond donors (Lipinski definition) is 0. The van der Waals surface area contributed by atoms with Gasteiger partial charge in [0.2, 0.25) is 0 Å². The third kappa shape index (κ3) is 12.8. The lowest BCUT2D eigenvalue weighted by Crippen LogP contribution is -2.12. The van der Waals surface area contributed by atoms with E-state index in [1.54, 1.807) is 60.7 Å². The summed E-state index contributed by atoms with van der Waals surface area (Å²) < 4.78 is 17.3. The average molecular weight is 616 g/mol. The van der Waals surface area contributed by atoms with Gasteiger partial charge in [0.1, 0.15) is 11.5 Å². The lowest BCUT2D eigenvalue weighted by molar-refractivity contribution is -0.386. The van der Waals surface area contributed by atoms with Gasteiger partial charge in [-0.2, -0.15) is 0 Å². The topological polar surface area (TPSA) is 87.9 Å². The molecule has 7 heteroatoms. The van der Waals surface area contributed by atoms with Crippen molar-refractivity contribution < 1.29 is 23.9 Å². The van der Waals surface area contributed by atoms with E-state index in [4.69, 9.17) is 14.2 Å². The van der Waals surface area contributed by atoms with E-state index in [1.165, 1.54) is 63.9 Å². The Morgan fingerprint density at radius 2 is 1.42 bits per heavy atom. The minimum atomic E-state index is -0.469. The van der Waals surface area contributed by atoms with Gasteiger partial charge in [-0.25, -0.2) is 4.79 Å². The Morgan fingerprint density at radius 3 is 2.04 bits per heavy atom. The highest BCUT2D eigenvalue weighted by atomic mass is 16.6. The van der Waals surface area contributed by atoms with Gasteiger partial charge in [0, 0.05) is 6.07 Å². The Hall–Kier alpha value is -4.13. The van der Waals surface area contributed by atoms with Crippen LogP contribution in [0, 0.1) is 10.1 Å². The van der Waals surface area contributed by atoms with Gasteiger partial charge in [0.05, 0.1) is 23.2 Å². The van der Waals surface area contributed by atoms with Gasteiger partial charge in [-0.3, -0.25) is 10.1 Å². The van der Waals surface area contributed by atoms with Crippen molar-refractivity contribution in [2.75, 3.05) is 6.61 Å². The van der Waals surface area contributed by atoms with Gasteiger partial charge in [0.15, 0.2) is 5.75 Å². The number of carbonyl (C=O) groups is 1. The number of benzene rings is 3. The number of hydrogen-bond acceptors (Lipinski definition) is 6. The second kappa shape index (κ2) is 20.0. The lowest BCUT2D eigenvalue weighted by atomic mass is 10.0. The average Bonchev–Trinajstić information content (AvgIpc) is 3.04. The van der Waals surface area contributed by atoms with Crippen LogP contribution in [0.5, 0.6) is 17.2 Å². The standard InChI is InChI=1S/C38H49NO6/c1-4-6-8-9-10-11-12-13-14-16-28-43-34-23-20-32(21-24-34)38(40)45-35-25-18-31(19-26-35)33-22-27-37(36(29-33)39(41)42)44-30(3)17-15-7-5-2/h5,18-27,29-30H,2,4,6-17,28H2,1,3H3. The molecule has 3 aromatic rings. The normalized spacial score (nSPS) is 11.5. The fourth-order valence-corrected chi connectivity index (χ4v) is 5.11. The molecule has 3 rings (SSSR count). The maximum absolute atomic E-state index is 12.7. The third-order valence-electron chi connectivity index (χ3n) is 7.76. The molecule has 242 valence electrons. The van der Waals surface area contributed by atoms with Gasteiger partial charge >= 0.3 is 11.7 Å². The summed E-state index contributed by atoms with van der Waals surface area (Å²) in [7, 11) is 0. The van der Waals surface area contributed by atoms with Gasteiger partial charge in [-0.05, 0) is 86.2 Å². The Bertz CT molecular complexity index is 1320. The number of carbonyl (C=O) groups excluding carboxylic acids is 1. The van der Waals surface area contributed by atoms with Crippen LogP contribution in [0.25, 0.3) is 11.1 Å². The predicted molar refractivity (Wildman–Crippen MR) is 181 cm³/mol. The van der Waals surface area contributed by atoms with E-state index in [-0.39, 0.29) is 17.5 Å². The number of nitrogens with zero attached hydrogens (tertiary/aromatic N) is 1. The molecule has 0 aliphatic rings. The fourth-order valence-electron chi connectivity index (χ4n) is 5.11. The Morgan fingerprint density at radius 1 is 0.822 bits per heavy atom. The van der Waals surface area contributed by atoms with Crippen LogP contribution in [-0.4, -0.2) is 23.6 Å². The molecule has 0 amide bonds. The van der Waals surface area contributed by atoms with Gasteiger partial charge in [-0.15, -0.1) is 6.58 Å². The molecule has 3 aromatic carbocycles. The molecule has 0 aromatic heterocycles. The second-order valence-electron chi connectivity index (χ2n) is 11.6. The first-order valence-corrected chi connectivity index (χ1v) is 16.5. The van der Waals surface area contributed by atoms with Crippen LogP contribution in [0.15, 0.2) is 79.4 Å². The van der Waals surface area contributed by atoms with Crippen molar-refractivity contribution in [3.05, 3.63) is 95.1 Å². The van der Waals surface area contributed by atoms with Crippen molar-refractivity contribution in [2.45, 2.75) is 103 Å². The van der Waals surface area contributed by atoms with E-state index in [0.717, 1.165) is 37.0 Å². The predicted octanol–water partition coefficient (Wildman–Crippen LogP) is 10.9. The summed E-state index contributed by atoms with van der Waals surface area (Å²) in [6, 6.07) is 18.8. The number of nitro groups is 1. The molecule has 0 aliphatic heterocycles. The molecule has 0 bridgehead atoms. The van der Waals surface area contributed by atoms with Crippen molar-refractivity contribution >= 4 is 11.7 Å². The van der Waals surface area contributed by atoms with E-state index in [0.29, 0.717) is 23.5 Å². The van der Waals surface area contributed by atoms with Crippen molar-refractivity contribution in [1.29, 1.82) is 0 Å². The monoisotopic (exact) mass is 615 g/mol. The zero-order chi connectivity index (χ0) is 32.3. The molecule has 0 N–H and O–H groups in total. The third-order valence-corrected chi connectivity index (χ3v) is 7.76. The largest absolute Gasteiger partial charge is 0.494 e. The summed E-state index contributed by atoms with van der Waals surface area (Å²) >= 11 is 0. The molecular formula is C38H49NO6. The number of esters is 1. The van der Waals surface area contributed by atoms with Crippen molar-refractivity contribution in [3.8, 4) is 28.4 Å². The van der Waals surface area contributed by atoms with Crippen LogP contribution in [0.1, 0.15) is 108 Å². The van der Waals surface area contributed by atoms with Crippen LogP contribution < -0.4 is 14.2 Å². The summed E-state index contributed by atoms with van der Waals surface area (Å²) in [6.45, 7) is 8.54. The van der Waals surface area contributed by atoms with Crippen LogP contribution in [0.3, 0.4) is 0 Å². The van der Waals surface area contributed by atoms with Crippen molar-refractivity contribution in [2.24, 2.45) is 0 Å². The van der Waals surface area contributed by atoms with Crippen LogP contribution >= 0.6 is 0 Å². The molecule has 1 atom stereocenters. The van der Waals surface area contributed by atoms with Crippen LogP contribution in [0.2, 0.25) is 0 Å². The van der Waals surface area contributed by atoms with Crippen molar-refractivity contribution in [3.63, 3.8) is 0 Å². The van der Waals surface area contributed by atoms with E-state index in [2.05, 4.69) is 13.5 Å². The minimum absolute atomic E-state index is 0.0884.